The number of ether oxygens (including phenoxy) is 2. The number of benzene rings is 2. The second kappa shape index (κ2) is 8.77. The van der Waals surface area contributed by atoms with E-state index in [0.717, 1.165) is 0 Å². The van der Waals surface area contributed by atoms with E-state index >= 15 is 0 Å². The van der Waals surface area contributed by atoms with Crippen molar-refractivity contribution < 1.29 is 19.1 Å². The summed E-state index contributed by atoms with van der Waals surface area (Å²) in [5.41, 5.74) is 0.613. The molecule has 7 heteroatoms. The fraction of sp³-hybridized carbons (Fsp3) is 0.300. The van der Waals surface area contributed by atoms with Crippen LogP contribution < -0.4 is 9.47 Å². The van der Waals surface area contributed by atoms with E-state index < -0.39 is 0 Å². The van der Waals surface area contributed by atoms with Crippen molar-refractivity contribution >= 4 is 23.4 Å². The summed E-state index contributed by atoms with van der Waals surface area (Å²) in [6.45, 7) is 1.94. The number of nitrogens with zero attached hydrogens (tertiary/aromatic N) is 2. The average Bonchev–Trinajstić information content (AvgIpc) is 2.73. The maximum atomic E-state index is 12.6. The summed E-state index contributed by atoms with van der Waals surface area (Å²) in [7, 11) is 1.59. The Morgan fingerprint density at radius 2 is 1.44 bits per heavy atom. The largest absolute Gasteiger partial charge is 0.497 e. The van der Waals surface area contributed by atoms with Crippen LogP contribution in [0.5, 0.6) is 11.5 Å². The summed E-state index contributed by atoms with van der Waals surface area (Å²) in [5.74, 6) is 1.17. The second-order valence-electron chi connectivity index (χ2n) is 6.14. The molecule has 3 rings (SSSR count). The van der Waals surface area contributed by atoms with E-state index in [4.69, 9.17) is 21.1 Å². The fourth-order valence-electron chi connectivity index (χ4n) is 2.84. The number of methoxy groups -OCH3 is 1. The molecule has 0 unspecified atom stereocenters. The van der Waals surface area contributed by atoms with Crippen LogP contribution in [0.2, 0.25) is 5.02 Å². The first-order valence-corrected chi connectivity index (χ1v) is 9.04. The Balaban J connectivity index is 1.48. The minimum atomic E-state index is -0.0958. The van der Waals surface area contributed by atoms with Gasteiger partial charge in [-0.2, -0.15) is 0 Å². The number of amides is 2. The molecule has 1 fully saturated rings. The zero-order valence-corrected chi connectivity index (χ0v) is 15.8. The second-order valence-corrected chi connectivity index (χ2v) is 6.58. The third-order valence-corrected chi connectivity index (χ3v) is 4.68. The number of carbonyl (C=O) groups excluding carboxylic acids is 2. The molecule has 1 aliphatic heterocycles. The molecule has 2 aromatic carbocycles. The van der Waals surface area contributed by atoms with E-state index in [1.54, 1.807) is 65.4 Å². The van der Waals surface area contributed by atoms with Crippen molar-refractivity contribution in [1.29, 1.82) is 0 Å². The van der Waals surface area contributed by atoms with Crippen molar-refractivity contribution in [2.75, 3.05) is 39.9 Å². The third-order valence-electron chi connectivity index (χ3n) is 4.43. The smallest absolute Gasteiger partial charge is 0.260 e. The van der Waals surface area contributed by atoms with E-state index in [-0.39, 0.29) is 18.4 Å². The van der Waals surface area contributed by atoms with Crippen LogP contribution in [-0.4, -0.2) is 61.5 Å². The first kappa shape index (κ1) is 19.0. The minimum absolute atomic E-state index is 0.0337. The maximum Gasteiger partial charge on any atom is 0.260 e. The van der Waals surface area contributed by atoms with Crippen molar-refractivity contribution in [1.82, 2.24) is 9.80 Å². The lowest BCUT2D eigenvalue weighted by atomic mass is 10.1. The molecule has 27 heavy (non-hydrogen) atoms. The highest BCUT2D eigenvalue weighted by atomic mass is 35.5. The molecule has 2 aromatic rings. The zero-order valence-electron chi connectivity index (χ0n) is 15.1. The van der Waals surface area contributed by atoms with Crippen molar-refractivity contribution in [2.45, 2.75) is 0 Å². The number of hydrogen-bond donors (Lipinski definition) is 0. The summed E-state index contributed by atoms with van der Waals surface area (Å²) in [6, 6.07) is 13.9. The molecule has 0 bridgehead atoms. The van der Waals surface area contributed by atoms with Gasteiger partial charge in [-0.15, -0.1) is 0 Å². The van der Waals surface area contributed by atoms with Crippen LogP contribution in [-0.2, 0) is 4.79 Å². The highest BCUT2D eigenvalue weighted by Crippen LogP contribution is 2.16. The van der Waals surface area contributed by atoms with Gasteiger partial charge in [0.1, 0.15) is 11.5 Å². The first-order valence-electron chi connectivity index (χ1n) is 8.66. The molecule has 142 valence electrons. The molecule has 0 saturated carbocycles. The molecule has 1 saturated heterocycles. The molecular weight excluding hydrogens is 368 g/mol. The van der Waals surface area contributed by atoms with Gasteiger partial charge in [0.15, 0.2) is 6.61 Å². The van der Waals surface area contributed by atoms with Crippen molar-refractivity contribution in [2.24, 2.45) is 0 Å². The van der Waals surface area contributed by atoms with Gasteiger partial charge in [0.25, 0.3) is 11.8 Å². The van der Waals surface area contributed by atoms with Gasteiger partial charge in [-0.1, -0.05) is 11.6 Å². The molecule has 1 aliphatic rings. The molecule has 0 aliphatic carbocycles. The van der Waals surface area contributed by atoms with Gasteiger partial charge >= 0.3 is 0 Å². The molecule has 0 spiro atoms. The summed E-state index contributed by atoms with van der Waals surface area (Å²) >= 11 is 5.83. The molecule has 2 amide bonds. The fourth-order valence-corrected chi connectivity index (χ4v) is 2.97. The van der Waals surface area contributed by atoms with Crippen LogP contribution in [0.15, 0.2) is 48.5 Å². The predicted molar refractivity (Wildman–Crippen MR) is 102 cm³/mol. The standard InChI is InChI=1S/C20H21ClN2O4/c1-26-17-6-2-15(3-7-17)20(25)23-12-10-22(11-13-23)19(24)14-27-18-8-4-16(21)5-9-18/h2-9H,10-14H2,1H3. The van der Waals surface area contributed by atoms with Crippen LogP contribution in [0, 0.1) is 0 Å². The van der Waals surface area contributed by atoms with Crippen LogP contribution >= 0.6 is 11.6 Å². The van der Waals surface area contributed by atoms with Crippen molar-refractivity contribution in [3.8, 4) is 11.5 Å². The Morgan fingerprint density at radius 3 is 2.04 bits per heavy atom. The number of carbonyl (C=O) groups is 2. The maximum absolute atomic E-state index is 12.6. The van der Waals surface area contributed by atoms with E-state index in [9.17, 15) is 9.59 Å². The van der Waals surface area contributed by atoms with Gasteiger partial charge in [0, 0.05) is 36.8 Å². The Bertz CT molecular complexity index is 785. The normalized spacial score (nSPS) is 14.0. The predicted octanol–water partition coefficient (Wildman–Crippen LogP) is 2.71. The van der Waals surface area contributed by atoms with Crippen LogP contribution in [0.3, 0.4) is 0 Å². The minimum Gasteiger partial charge on any atom is -0.497 e. The van der Waals surface area contributed by atoms with Gasteiger partial charge in [-0.3, -0.25) is 9.59 Å². The molecule has 0 radical (unpaired) electrons. The molecule has 0 N–H and O–H groups in total. The van der Waals surface area contributed by atoms with Gasteiger partial charge in [-0.25, -0.2) is 0 Å². The average molecular weight is 389 g/mol. The molecule has 0 atom stereocenters. The van der Waals surface area contributed by atoms with E-state index in [2.05, 4.69) is 0 Å². The topological polar surface area (TPSA) is 59.1 Å². The summed E-state index contributed by atoms with van der Waals surface area (Å²) in [5, 5.41) is 0.617. The first-order chi connectivity index (χ1) is 13.1. The van der Waals surface area contributed by atoms with Crippen LogP contribution in [0.25, 0.3) is 0 Å². The Hall–Kier alpha value is -2.73. The monoisotopic (exact) mass is 388 g/mol. The highest BCUT2D eigenvalue weighted by Gasteiger charge is 2.25. The van der Waals surface area contributed by atoms with Gasteiger partial charge in [0.2, 0.25) is 0 Å². The highest BCUT2D eigenvalue weighted by molar-refractivity contribution is 6.30. The van der Waals surface area contributed by atoms with Crippen molar-refractivity contribution in [3.05, 3.63) is 59.1 Å². The Labute approximate surface area is 163 Å². The number of halogens is 1. The third kappa shape index (κ3) is 4.92. The van der Waals surface area contributed by atoms with E-state index in [1.165, 1.54) is 0 Å². The Kier molecular flexibility index (Phi) is 6.19. The lowest BCUT2D eigenvalue weighted by Crippen LogP contribution is -2.51. The SMILES string of the molecule is COc1ccc(C(=O)N2CCN(C(=O)COc3ccc(Cl)cc3)CC2)cc1. The van der Waals surface area contributed by atoms with Gasteiger partial charge < -0.3 is 19.3 Å². The lowest BCUT2D eigenvalue weighted by Gasteiger charge is -2.34. The van der Waals surface area contributed by atoms with E-state index in [0.29, 0.717) is 48.3 Å². The molecular formula is C20H21ClN2O4. The van der Waals surface area contributed by atoms with Crippen LogP contribution in [0.1, 0.15) is 10.4 Å². The summed E-state index contributed by atoms with van der Waals surface area (Å²) in [4.78, 5) is 28.3. The number of piperazine rings is 1. The molecule has 0 aromatic heterocycles. The number of hydrogen-bond acceptors (Lipinski definition) is 4. The lowest BCUT2D eigenvalue weighted by molar-refractivity contribution is -0.134. The quantitative estimate of drug-likeness (QED) is 0.790. The van der Waals surface area contributed by atoms with Crippen molar-refractivity contribution in [3.63, 3.8) is 0 Å². The number of rotatable bonds is 5. The van der Waals surface area contributed by atoms with Gasteiger partial charge in [-0.05, 0) is 48.5 Å². The van der Waals surface area contributed by atoms with E-state index in [1.807, 2.05) is 0 Å². The van der Waals surface area contributed by atoms with Gasteiger partial charge in [0.05, 0.1) is 7.11 Å². The molecule has 6 nitrogen and oxygen atoms in total. The summed E-state index contributed by atoms with van der Waals surface area (Å²) < 4.78 is 10.6. The Morgan fingerprint density at radius 1 is 0.889 bits per heavy atom. The van der Waals surface area contributed by atoms with Crippen LogP contribution in [0.4, 0.5) is 0 Å². The summed E-state index contributed by atoms with van der Waals surface area (Å²) in [6.07, 6.45) is 0. The zero-order chi connectivity index (χ0) is 19.2. The molecule has 1 heterocycles.